The van der Waals surface area contributed by atoms with Gasteiger partial charge in [0, 0.05) is 0 Å². The summed E-state index contributed by atoms with van der Waals surface area (Å²) in [5.74, 6) is 0. The average Bonchev–Trinajstić information content (AvgIpc) is 3.48. The molecular formula is C26H27OZr+2. The van der Waals surface area contributed by atoms with Crippen LogP contribution in [0.15, 0.2) is 61.2 Å². The van der Waals surface area contributed by atoms with Crippen LogP contribution in [0.25, 0.3) is 6.08 Å². The van der Waals surface area contributed by atoms with Crippen molar-refractivity contribution in [3.8, 4) is 0 Å². The summed E-state index contributed by atoms with van der Waals surface area (Å²) >= 11 is 0. The van der Waals surface area contributed by atoms with Crippen LogP contribution in [0.2, 0.25) is 0 Å². The third-order valence-corrected chi connectivity index (χ3v) is 3.41. The van der Waals surface area contributed by atoms with E-state index in [2.05, 4.69) is 13.5 Å². The Balaban J connectivity index is 0.000000353. The van der Waals surface area contributed by atoms with E-state index in [4.69, 9.17) is 5.11 Å². The van der Waals surface area contributed by atoms with E-state index >= 15 is 0 Å². The summed E-state index contributed by atoms with van der Waals surface area (Å²) in [7, 11) is 0. The van der Waals surface area contributed by atoms with Gasteiger partial charge in [0.25, 0.3) is 0 Å². The maximum absolute atomic E-state index is 8.54. The zero-order valence-corrected chi connectivity index (χ0v) is 18.6. The summed E-state index contributed by atoms with van der Waals surface area (Å²) in [5, 5.41) is 8.54. The normalized spacial score (nSPS) is 14.0. The molecule has 2 saturated carbocycles. The Morgan fingerprint density at radius 2 is 1.07 bits per heavy atom. The minimum Gasteiger partial charge on any atom is -0.392 e. The van der Waals surface area contributed by atoms with E-state index in [0.29, 0.717) is 0 Å². The number of aliphatic hydroxyl groups excluding tert-OH is 1. The van der Waals surface area contributed by atoms with Gasteiger partial charge in [-0.15, -0.1) is 30.4 Å². The van der Waals surface area contributed by atoms with Crippen molar-refractivity contribution in [3.63, 3.8) is 0 Å². The Labute approximate surface area is 192 Å². The monoisotopic (exact) mass is 445 g/mol. The molecule has 2 aliphatic carbocycles. The van der Waals surface area contributed by atoms with Gasteiger partial charge in [0.15, 0.2) is 0 Å². The number of hydrogen-bond acceptors (Lipinski definition) is 1. The SMILES string of the molecule is C=Cc1ccccc1[CH2-].OCc1ccccc1.[CH]1[CH][CH][CH][CH]1.[CH]1[CH][CH][CH][CH]1.[Zr+3]. The van der Waals surface area contributed by atoms with Gasteiger partial charge in [0.1, 0.15) is 0 Å². The van der Waals surface area contributed by atoms with E-state index in [1.54, 1.807) is 0 Å². The van der Waals surface area contributed by atoms with Crippen molar-refractivity contribution < 1.29 is 31.3 Å². The molecule has 1 N–H and O–H groups in total. The van der Waals surface area contributed by atoms with Crippen molar-refractivity contribution >= 4 is 6.08 Å². The van der Waals surface area contributed by atoms with E-state index < -0.39 is 0 Å². The molecule has 0 bridgehead atoms. The van der Waals surface area contributed by atoms with Crippen molar-refractivity contribution in [2.45, 2.75) is 6.61 Å². The number of rotatable bonds is 2. The molecule has 0 aliphatic heterocycles. The van der Waals surface area contributed by atoms with Crippen molar-refractivity contribution in [3.05, 3.63) is 149 Å². The minimum atomic E-state index is 0. The van der Waals surface area contributed by atoms with E-state index in [1.807, 2.05) is 125 Å². The largest absolute Gasteiger partial charge is 3.00 e. The van der Waals surface area contributed by atoms with E-state index in [-0.39, 0.29) is 32.8 Å². The molecule has 139 valence electrons. The van der Waals surface area contributed by atoms with Gasteiger partial charge < -0.3 is 5.11 Å². The Hall–Kier alpha value is -1.11. The molecule has 4 rings (SSSR count). The molecule has 28 heavy (non-hydrogen) atoms. The van der Waals surface area contributed by atoms with Crippen molar-refractivity contribution in [1.29, 1.82) is 0 Å². The third-order valence-electron chi connectivity index (χ3n) is 3.41. The fourth-order valence-corrected chi connectivity index (χ4v) is 1.96. The summed E-state index contributed by atoms with van der Waals surface area (Å²) < 4.78 is 0. The molecule has 0 amide bonds. The Morgan fingerprint density at radius 1 is 0.679 bits per heavy atom. The second kappa shape index (κ2) is 19.2. The van der Waals surface area contributed by atoms with Crippen molar-refractivity contribution in [2.24, 2.45) is 0 Å². The molecule has 1 nitrogen and oxygen atoms in total. The standard InChI is InChI=1S/C9H9.C7H8O.2C5H5.Zr/c1-3-9-7-5-4-6-8(9)2;8-6-7-4-2-1-3-5-7;2*1-2-4-5-3-1;/h3-7H,1-2H2;1-5,8H,6H2;2*1-5H;/q-1;;;;+3. The van der Waals surface area contributed by atoms with Crippen molar-refractivity contribution in [1.82, 2.24) is 0 Å². The van der Waals surface area contributed by atoms with E-state index in [1.165, 1.54) is 0 Å². The van der Waals surface area contributed by atoms with Crippen LogP contribution in [0.1, 0.15) is 16.7 Å². The average molecular weight is 447 g/mol. The van der Waals surface area contributed by atoms with Gasteiger partial charge in [-0.3, -0.25) is 0 Å². The molecular weight excluding hydrogens is 420 g/mol. The molecule has 2 fully saturated rings. The molecule has 2 heteroatoms. The van der Waals surface area contributed by atoms with Gasteiger partial charge >= 0.3 is 26.2 Å². The molecule has 0 unspecified atom stereocenters. The van der Waals surface area contributed by atoms with Gasteiger partial charge in [-0.25, -0.2) is 0 Å². The van der Waals surface area contributed by atoms with Crippen LogP contribution in [0.5, 0.6) is 0 Å². The third kappa shape index (κ3) is 14.0. The first-order valence-corrected chi connectivity index (χ1v) is 8.79. The Kier molecular flexibility index (Phi) is 18.5. The topological polar surface area (TPSA) is 20.2 Å². The summed E-state index contributed by atoms with van der Waals surface area (Å²) in [6, 6.07) is 17.4. The van der Waals surface area contributed by atoms with Gasteiger partial charge in [0.2, 0.25) is 0 Å². The maximum Gasteiger partial charge on any atom is 3.00 e. The molecule has 0 saturated heterocycles. The number of hydrogen-bond donors (Lipinski definition) is 1. The van der Waals surface area contributed by atoms with Crippen LogP contribution >= 0.6 is 0 Å². The predicted molar refractivity (Wildman–Crippen MR) is 116 cm³/mol. The van der Waals surface area contributed by atoms with E-state index in [0.717, 1.165) is 16.7 Å². The summed E-state index contributed by atoms with van der Waals surface area (Å²) in [4.78, 5) is 0. The fraction of sp³-hybridized carbons (Fsp3) is 0.0385. The summed E-state index contributed by atoms with van der Waals surface area (Å²) in [6.45, 7) is 7.61. The maximum atomic E-state index is 8.54. The van der Waals surface area contributed by atoms with Gasteiger partial charge in [0.05, 0.1) is 6.61 Å². The minimum absolute atomic E-state index is 0. The predicted octanol–water partition coefficient (Wildman–Crippen LogP) is 5.73. The molecule has 2 aromatic carbocycles. The van der Waals surface area contributed by atoms with Gasteiger partial charge in [-0.1, -0.05) is 36.4 Å². The molecule has 0 aromatic heterocycles. The molecule has 0 spiro atoms. The molecule has 2 aliphatic rings. The van der Waals surface area contributed by atoms with Crippen LogP contribution in [0, 0.1) is 71.1 Å². The number of aliphatic hydroxyl groups is 1. The molecule has 0 heterocycles. The van der Waals surface area contributed by atoms with E-state index in [9.17, 15) is 0 Å². The molecule has 11 radical (unpaired) electrons. The Bertz CT molecular complexity index is 561. The molecule has 2 aromatic rings. The Morgan fingerprint density at radius 3 is 1.36 bits per heavy atom. The first-order valence-electron chi connectivity index (χ1n) is 8.79. The van der Waals surface area contributed by atoms with Crippen LogP contribution in [-0.4, -0.2) is 5.11 Å². The van der Waals surface area contributed by atoms with Crippen LogP contribution in [0.3, 0.4) is 0 Å². The number of benzene rings is 2. The van der Waals surface area contributed by atoms with Crippen LogP contribution in [-0.2, 0) is 32.8 Å². The van der Waals surface area contributed by atoms with Gasteiger partial charge in [-0.05, 0) is 69.8 Å². The van der Waals surface area contributed by atoms with Crippen LogP contribution in [0.4, 0.5) is 0 Å². The molecule has 0 atom stereocenters. The first kappa shape index (κ1) is 26.9. The second-order valence-electron chi connectivity index (χ2n) is 5.47. The quantitative estimate of drug-likeness (QED) is 0.584. The fourth-order valence-electron chi connectivity index (χ4n) is 1.96. The second-order valence-corrected chi connectivity index (χ2v) is 5.47. The zero-order valence-electron chi connectivity index (χ0n) is 16.1. The van der Waals surface area contributed by atoms with Crippen LogP contribution < -0.4 is 0 Å². The van der Waals surface area contributed by atoms with Gasteiger partial charge in [-0.2, -0.15) is 18.6 Å². The smallest absolute Gasteiger partial charge is 0.392 e. The summed E-state index contributed by atoms with van der Waals surface area (Å²) in [6.07, 6.45) is 21.8. The van der Waals surface area contributed by atoms with Crippen molar-refractivity contribution in [2.75, 3.05) is 0 Å². The first-order chi connectivity index (χ1) is 13.3. The summed E-state index contributed by atoms with van der Waals surface area (Å²) in [5.41, 5.74) is 3.11. The zero-order chi connectivity index (χ0) is 19.6.